The van der Waals surface area contributed by atoms with Crippen LogP contribution in [0.4, 0.5) is 0 Å². The second kappa shape index (κ2) is 3.70. The Morgan fingerprint density at radius 2 is 2.36 bits per heavy atom. The molecule has 3 nitrogen and oxygen atoms in total. The van der Waals surface area contributed by atoms with E-state index in [1.165, 1.54) is 0 Å². The average Bonchev–Trinajstić information content (AvgIpc) is 1.95. The molecule has 0 aromatic carbocycles. The number of hydrogen-bond acceptors (Lipinski definition) is 3. The van der Waals surface area contributed by atoms with Crippen LogP contribution in [0.2, 0.25) is 0 Å². The number of nitriles is 1. The zero-order valence-electron chi connectivity index (χ0n) is 6.80. The molecule has 0 aromatic rings. The largest absolute Gasteiger partial charge is 0.380 e. The van der Waals surface area contributed by atoms with Gasteiger partial charge >= 0.3 is 0 Å². The minimum absolute atomic E-state index is 0.218. The van der Waals surface area contributed by atoms with Crippen molar-refractivity contribution < 1.29 is 9.47 Å². The molecule has 1 heterocycles. The van der Waals surface area contributed by atoms with Gasteiger partial charge in [-0.1, -0.05) is 6.92 Å². The van der Waals surface area contributed by atoms with Crippen LogP contribution in [0.1, 0.15) is 13.3 Å². The minimum Gasteiger partial charge on any atom is -0.380 e. The Kier molecular flexibility index (Phi) is 2.86. The molecule has 0 N–H and O–H groups in total. The highest BCUT2D eigenvalue weighted by atomic mass is 16.5. The Balaban J connectivity index is 1.99. The topological polar surface area (TPSA) is 42.2 Å². The third-order valence-electron chi connectivity index (χ3n) is 1.71. The van der Waals surface area contributed by atoms with Crippen molar-refractivity contribution in [1.82, 2.24) is 0 Å². The molecule has 0 radical (unpaired) electrons. The SMILES string of the molecule is CC1(COCCC#N)COC1. The van der Waals surface area contributed by atoms with E-state index in [1.54, 1.807) is 0 Å². The van der Waals surface area contributed by atoms with E-state index in [1.807, 2.05) is 6.07 Å². The van der Waals surface area contributed by atoms with Gasteiger partial charge in [0, 0.05) is 5.41 Å². The van der Waals surface area contributed by atoms with Crippen LogP contribution in [0.5, 0.6) is 0 Å². The molecule has 1 aliphatic heterocycles. The van der Waals surface area contributed by atoms with Crippen LogP contribution in [-0.4, -0.2) is 26.4 Å². The van der Waals surface area contributed by atoms with Crippen molar-refractivity contribution in [3.8, 4) is 6.07 Å². The summed E-state index contributed by atoms with van der Waals surface area (Å²) in [6.45, 7) is 4.97. The molecule has 0 saturated carbocycles. The second-order valence-electron chi connectivity index (χ2n) is 3.26. The van der Waals surface area contributed by atoms with Gasteiger partial charge in [0.25, 0.3) is 0 Å². The first-order valence-electron chi connectivity index (χ1n) is 3.79. The lowest BCUT2D eigenvalue weighted by molar-refractivity contribution is -0.137. The smallest absolute Gasteiger partial charge is 0.0645 e. The molecule has 1 aliphatic rings. The minimum atomic E-state index is 0.218. The van der Waals surface area contributed by atoms with Crippen molar-refractivity contribution in [2.45, 2.75) is 13.3 Å². The molecular weight excluding hydrogens is 142 g/mol. The number of hydrogen-bond donors (Lipinski definition) is 0. The van der Waals surface area contributed by atoms with Gasteiger partial charge < -0.3 is 9.47 Å². The normalized spacial score (nSPS) is 20.4. The Labute approximate surface area is 66.9 Å². The third-order valence-corrected chi connectivity index (χ3v) is 1.71. The van der Waals surface area contributed by atoms with Gasteiger partial charge in [0.05, 0.1) is 38.9 Å². The summed E-state index contributed by atoms with van der Waals surface area (Å²) < 4.78 is 10.3. The number of rotatable bonds is 4. The van der Waals surface area contributed by atoms with Gasteiger partial charge in [0.2, 0.25) is 0 Å². The Bertz CT molecular complexity index is 158. The fourth-order valence-corrected chi connectivity index (χ4v) is 0.970. The quantitative estimate of drug-likeness (QED) is 0.568. The first-order valence-corrected chi connectivity index (χ1v) is 3.79. The molecule has 1 saturated heterocycles. The molecule has 0 atom stereocenters. The fraction of sp³-hybridized carbons (Fsp3) is 0.875. The molecule has 62 valence electrons. The van der Waals surface area contributed by atoms with Crippen molar-refractivity contribution in [3.63, 3.8) is 0 Å². The summed E-state index contributed by atoms with van der Waals surface area (Å²) in [7, 11) is 0. The molecule has 11 heavy (non-hydrogen) atoms. The third kappa shape index (κ3) is 2.49. The van der Waals surface area contributed by atoms with Crippen molar-refractivity contribution in [3.05, 3.63) is 0 Å². The van der Waals surface area contributed by atoms with Gasteiger partial charge in [0.1, 0.15) is 0 Å². The molecule has 1 fully saturated rings. The molecule has 3 heteroatoms. The van der Waals surface area contributed by atoms with Crippen LogP contribution in [-0.2, 0) is 9.47 Å². The maximum absolute atomic E-state index is 8.21. The Morgan fingerprint density at radius 1 is 1.64 bits per heavy atom. The van der Waals surface area contributed by atoms with Crippen molar-refractivity contribution in [1.29, 1.82) is 5.26 Å². The van der Waals surface area contributed by atoms with Gasteiger partial charge in [-0.15, -0.1) is 0 Å². The van der Waals surface area contributed by atoms with E-state index in [0.29, 0.717) is 19.6 Å². The molecule has 0 unspecified atom stereocenters. The van der Waals surface area contributed by atoms with Gasteiger partial charge in [0.15, 0.2) is 0 Å². The van der Waals surface area contributed by atoms with Crippen LogP contribution >= 0.6 is 0 Å². The summed E-state index contributed by atoms with van der Waals surface area (Å²) in [5.74, 6) is 0. The molecule has 1 rings (SSSR count). The molecule has 0 aliphatic carbocycles. The lowest BCUT2D eigenvalue weighted by Gasteiger charge is -2.37. The standard InChI is InChI=1S/C8H13NO2/c1-8(6-11-7-8)5-10-4-2-3-9/h2,4-7H2,1H3. The van der Waals surface area contributed by atoms with Crippen LogP contribution in [0.25, 0.3) is 0 Å². The fourth-order valence-electron chi connectivity index (χ4n) is 0.970. The molecule has 0 aromatic heterocycles. The first-order chi connectivity index (χ1) is 5.27. The van der Waals surface area contributed by atoms with E-state index in [-0.39, 0.29) is 5.41 Å². The van der Waals surface area contributed by atoms with Crippen LogP contribution < -0.4 is 0 Å². The second-order valence-corrected chi connectivity index (χ2v) is 3.26. The van der Waals surface area contributed by atoms with Crippen molar-refractivity contribution >= 4 is 0 Å². The number of nitrogens with zero attached hydrogens (tertiary/aromatic N) is 1. The van der Waals surface area contributed by atoms with Crippen LogP contribution in [0.15, 0.2) is 0 Å². The van der Waals surface area contributed by atoms with Crippen LogP contribution in [0, 0.1) is 16.7 Å². The Morgan fingerprint density at radius 3 is 2.82 bits per heavy atom. The summed E-state index contributed by atoms with van der Waals surface area (Å²) in [6, 6.07) is 2.03. The first kappa shape index (κ1) is 8.51. The maximum atomic E-state index is 8.21. The van der Waals surface area contributed by atoms with Gasteiger partial charge in [-0.2, -0.15) is 5.26 Å². The predicted molar refractivity (Wildman–Crippen MR) is 40.0 cm³/mol. The van der Waals surface area contributed by atoms with Crippen molar-refractivity contribution in [2.24, 2.45) is 5.41 Å². The predicted octanol–water partition coefficient (Wildman–Crippen LogP) is 0.953. The lowest BCUT2D eigenvalue weighted by Crippen LogP contribution is -2.43. The van der Waals surface area contributed by atoms with Crippen LogP contribution in [0.3, 0.4) is 0 Å². The maximum Gasteiger partial charge on any atom is 0.0645 e. The zero-order valence-corrected chi connectivity index (χ0v) is 6.80. The molecule has 0 amide bonds. The van der Waals surface area contributed by atoms with E-state index in [4.69, 9.17) is 14.7 Å². The van der Waals surface area contributed by atoms with Gasteiger partial charge in [-0.05, 0) is 0 Å². The molecule has 0 spiro atoms. The average molecular weight is 155 g/mol. The Hall–Kier alpha value is -0.590. The summed E-state index contributed by atoms with van der Waals surface area (Å²) in [6.07, 6.45) is 0.483. The van der Waals surface area contributed by atoms with E-state index in [2.05, 4.69) is 6.92 Å². The highest BCUT2D eigenvalue weighted by Crippen LogP contribution is 2.26. The zero-order chi connectivity index (χ0) is 8.16. The van der Waals surface area contributed by atoms with Gasteiger partial charge in [-0.3, -0.25) is 0 Å². The van der Waals surface area contributed by atoms with E-state index in [0.717, 1.165) is 13.2 Å². The molecule has 0 bridgehead atoms. The summed E-state index contributed by atoms with van der Waals surface area (Å²) >= 11 is 0. The highest BCUT2D eigenvalue weighted by molar-refractivity contribution is 4.80. The van der Waals surface area contributed by atoms with Crippen molar-refractivity contribution in [2.75, 3.05) is 26.4 Å². The van der Waals surface area contributed by atoms with Gasteiger partial charge in [-0.25, -0.2) is 0 Å². The summed E-state index contributed by atoms with van der Waals surface area (Å²) in [5.41, 5.74) is 0.218. The monoisotopic (exact) mass is 155 g/mol. The van der Waals surface area contributed by atoms with E-state index < -0.39 is 0 Å². The lowest BCUT2D eigenvalue weighted by atomic mass is 9.90. The summed E-state index contributed by atoms with van der Waals surface area (Å²) in [4.78, 5) is 0. The summed E-state index contributed by atoms with van der Waals surface area (Å²) in [5, 5.41) is 8.21. The number of ether oxygens (including phenoxy) is 2. The molecular formula is C8H13NO2. The highest BCUT2D eigenvalue weighted by Gasteiger charge is 2.33. The van der Waals surface area contributed by atoms with E-state index in [9.17, 15) is 0 Å². The van der Waals surface area contributed by atoms with E-state index >= 15 is 0 Å².